The van der Waals surface area contributed by atoms with E-state index >= 15 is 0 Å². The van der Waals surface area contributed by atoms with Gasteiger partial charge in [-0.3, -0.25) is 28.7 Å². The molecule has 0 amide bonds. The average molecular weight is 569 g/mol. The van der Waals surface area contributed by atoms with Gasteiger partial charge in [0.25, 0.3) is 11.1 Å². The molecule has 4 rings (SSSR count). The number of nitrogens with one attached hydrogen (secondary N) is 2. The molecule has 40 heavy (non-hydrogen) atoms. The molecule has 0 saturated carbocycles. The van der Waals surface area contributed by atoms with Crippen molar-refractivity contribution < 1.29 is 40.1 Å². The molecule has 2 aliphatic heterocycles. The zero-order valence-corrected chi connectivity index (χ0v) is 20.6. The number of aromatic amines is 2. The van der Waals surface area contributed by atoms with Crippen molar-refractivity contribution in [2.24, 2.45) is 5.11 Å². The van der Waals surface area contributed by atoms with Crippen LogP contribution in [-0.4, -0.2) is 106 Å². The summed E-state index contributed by atoms with van der Waals surface area (Å²) in [5.41, 5.74) is -2.03. The predicted octanol–water partition coefficient (Wildman–Crippen LogP) is -4.73. The summed E-state index contributed by atoms with van der Waals surface area (Å²) in [5, 5.41) is 66.5. The molecule has 19 heteroatoms. The van der Waals surface area contributed by atoms with Gasteiger partial charge in [-0.2, -0.15) is 0 Å². The van der Waals surface area contributed by atoms with Crippen LogP contribution < -0.4 is 22.5 Å². The van der Waals surface area contributed by atoms with E-state index in [2.05, 4.69) is 10.0 Å². The van der Waals surface area contributed by atoms with Gasteiger partial charge in [-0.1, -0.05) is 5.11 Å². The zero-order valence-electron chi connectivity index (χ0n) is 20.6. The van der Waals surface area contributed by atoms with Gasteiger partial charge >= 0.3 is 11.4 Å². The van der Waals surface area contributed by atoms with Crippen LogP contribution in [0.3, 0.4) is 0 Å². The molecule has 2 aromatic rings. The lowest BCUT2D eigenvalue weighted by molar-refractivity contribution is -0.176. The second kappa shape index (κ2) is 11.1. The first kappa shape index (κ1) is 29.3. The Morgan fingerprint density at radius 1 is 1.05 bits per heavy atom. The molecule has 8 N–H and O–H groups in total. The van der Waals surface area contributed by atoms with Crippen LogP contribution in [0.25, 0.3) is 10.4 Å². The summed E-state index contributed by atoms with van der Waals surface area (Å²) in [5.74, 6) is 0. The molecule has 0 aromatic carbocycles. The van der Waals surface area contributed by atoms with Crippen molar-refractivity contribution in [1.29, 1.82) is 0 Å². The maximum absolute atomic E-state index is 13.3. The van der Waals surface area contributed by atoms with Crippen LogP contribution in [0.15, 0.2) is 42.8 Å². The van der Waals surface area contributed by atoms with Gasteiger partial charge in [0.15, 0.2) is 6.23 Å². The molecular weight excluding hydrogens is 542 g/mol. The lowest BCUT2D eigenvalue weighted by Gasteiger charge is -2.42. The summed E-state index contributed by atoms with van der Waals surface area (Å²) in [6, 6.07) is 0.849. The molecule has 0 bridgehead atoms. The van der Waals surface area contributed by atoms with E-state index in [0.717, 1.165) is 18.5 Å². The van der Waals surface area contributed by atoms with E-state index in [9.17, 15) is 49.8 Å². The molecule has 0 spiro atoms. The molecule has 0 unspecified atom stereocenters. The Kier molecular flexibility index (Phi) is 8.13. The summed E-state index contributed by atoms with van der Waals surface area (Å²) in [6.45, 7) is -1.87. The van der Waals surface area contributed by atoms with Crippen LogP contribution in [0.4, 0.5) is 0 Å². The van der Waals surface area contributed by atoms with Gasteiger partial charge in [0.05, 0.1) is 18.8 Å². The van der Waals surface area contributed by atoms with E-state index < -0.39 is 95.8 Å². The van der Waals surface area contributed by atoms with Crippen molar-refractivity contribution in [3.63, 3.8) is 0 Å². The van der Waals surface area contributed by atoms with Gasteiger partial charge in [-0.05, 0) is 18.4 Å². The molecule has 2 fully saturated rings. The molecule has 4 heterocycles. The van der Waals surface area contributed by atoms with Gasteiger partial charge in [0.1, 0.15) is 36.1 Å². The maximum Gasteiger partial charge on any atom is 0.331 e. The normalized spacial score (nSPS) is 33.6. The van der Waals surface area contributed by atoms with Crippen LogP contribution in [0.1, 0.15) is 24.6 Å². The SMILES string of the molecule is [N-]=[N+]=NCCC[C@@]1(O)[C@H](O)[C@@H](CO)O[C@@]1(c1cn([C@@H]2O[C@H](CO)[C@@H](O)[C@H]2O)c(=O)[nH]c1=O)n1ccc(=O)[nH]c1=O. The van der Waals surface area contributed by atoms with Gasteiger partial charge in [0.2, 0.25) is 5.72 Å². The third-order valence-corrected chi connectivity index (χ3v) is 7.10. The molecule has 0 radical (unpaired) electrons. The Bertz CT molecular complexity index is 1530. The van der Waals surface area contributed by atoms with Crippen molar-refractivity contribution in [3.05, 3.63) is 76.1 Å². The second-order valence-electron chi connectivity index (χ2n) is 9.33. The van der Waals surface area contributed by atoms with Crippen LogP contribution in [0.5, 0.6) is 0 Å². The van der Waals surface area contributed by atoms with Crippen LogP contribution >= 0.6 is 0 Å². The highest BCUT2D eigenvalue weighted by Crippen LogP contribution is 2.49. The number of hydrogen-bond donors (Lipinski definition) is 8. The van der Waals surface area contributed by atoms with Crippen LogP contribution in [0.2, 0.25) is 0 Å². The topological polar surface area (TPSA) is 298 Å². The molecule has 2 aromatic heterocycles. The number of hydrogen-bond acceptors (Lipinski definition) is 13. The Morgan fingerprint density at radius 2 is 1.75 bits per heavy atom. The average Bonchev–Trinajstić information content (AvgIpc) is 3.32. The summed E-state index contributed by atoms with van der Waals surface area (Å²) in [4.78, 5) is 57.5. The van der Waals surface area contributed by atoms with Gasteiger partial charge in [-0.25, -0.2) is 9.59 Å². The van der Waals surface area contributed by atoms with E-state index in [1.807, 2.05) is 9.97 Å². The van der Waals surface area contributed by atoms with E-state index in [0.29, 0.717) is 9.13 Å². The van der Waals surface area contributed by atoms with Gasteiger partial charge < -0.3 is 40.1 Å². The monoisotopic (exact) mass is 569 g/mol. The molecule has 8 atom stereocenters. The summed E-state index contributed by atoms with van der Waals surface area (Å²) >= 11 is 0. The molecule has 2 saturated heterocycles. The molecule has 2 aliphatic rings. The smallest absolute Gasteiger partial charge is 0.331 e. The molecule has 0 aliphatic carbocycles. The van der Waals surface area contributed by atoms with E-state index in [-0.39, 0.29) is 13.0 Å². The highest BCUT2D eigenvalue weighted by molar-refractivity contribution is 5.28. The van der Waals surface area contributed by atoms with Crippen LogP contribution in [0, 0.1) is 0 Å². The predicted molar refractivity (Wildman–Crippen MR) is 129 cm³/mol. The zero-order chi connectivity index (χ0) is 29.4. The van der Waals surface area contributed by atoms with Crippen molar-refractivity contribution >= 4 is 0 Å². The fraction of sp³-hybridized carbons (Fsp3) is 0.619. The number of ether oxygens (including phenoxy) is 2. The number of azide groups is 1. The molecule has 218 valence electrons. The first-order valence-corrected chi connectivity index (χ1v) is 12.0. The summed E-state index contributed by atoms with van der Waals surface area (Å²) in [7, 11) is 0. The number of aliphatic hydroxyl groups excluding tert-OH is 5. The molecular formula is C21H27N7O12. The van der Waals surface area contributed by atoms with E-state index in [1.165, 1.54) is 0 Å². The Morgan fingerprint density at radius 3 is 2.35 bits per heavy atom. The van der Waals surface area contributed by atoms with Gasteiger partial charge in [0, 0.05) is 29.9 Å². The second-order valence-corrected chi connectivity index (χ2v) is 9.33. The number of aromatic nitrogens is 4. The number of aliphatic hydroxyl groups is 6. The lowest BCUT2D eigenvalue weighted by Crippen LogP contribution is -2.63. The van der Waals surface area contributed by atoms with Crippen LogP contribution in [-0.2, 0) is 15.2 Å². The number of rotatable bonds is 9. The van der Waals surface area contributed by atoms with Gasteiger partial charge in [-0.15, -0.1) is 0 Å². The highest BCUT2D eigenvalue weighted by atomic mass is 16.6. The van der Waals surface area contributed by atoms with E-state index in [1.54, 1.807) is 0 Å². The third-order valence-electron chi connectivity index (χ3n) is 7.10. The van der Waals surface area contributed by atoms with E-state index in [4.69, 9.17) is 15.0 Å². The summed E-state index contributed by atoms with van der Waals surface area (Å²) in [6.07, 6.45) is -9.09. The standard InChI is InChI=1S/C21H27N7O12/c22-26-23-4-1-3-20(38)15(34)11(8-30)40-21(20,28-5-2-12(31)24-19(28)37)9-6-27(18(36)25-16(9)35)17-14(33)13(32)10(7-29)39-17/h2,5-6,10-11,13-15,17,29-30,32-34,38H,1,3-4,7-8H2,(H,24,31,37)(H,25,35,36)/t10-,11-,13-,14-,15-,17-,20-,21-/m1/s1. The first-order valence-electron chi connectivity index (χ1n) is 12.0. The third kappa shape index (κ3) is 4.48. The number of H-pyrrole nitrogens is 2. The highest BCUT2D eigenvalue weighted by Gasteiger charge is 2.68. The molecule has 19 nitrogen and oxygen atoms in total. The van der Waals surface area contributed by atoms with Crippen molar-refractivity contribution in [2.75, 3.05) is 19.8 Å². The van der Waals surface area contributed by atoms with Crippen molar-refractivity contribution in [3.8, 4) is 0 Å². The number of nitrogens with zero attached hydrogens (tertiary/aromatic N) is 5. The fourth-order valence-corrected chi connectivity index (χ4v) is 5.19. The first-order chi connectivity index (χ1) is 19.0. The minimum absolute atomic E-state index is 0.134. The summed E-state index contributed by atoms with van der Waals surface area (Å²) < 4.78 is 12.4. The Labute approximate surface area is 221 Å². The van der Waals surface area contributed by atoms with Crippen molar-refractivity contribution in [2.45, 2.75) is 60.9 Å². The minimum atomic E-state index is -2.75. The quantitative estimate of drug-likeness (QED) is 0.0611. The Balaban J connectivity index is 2.04. The maximum atomic E-state index is 13.3. The largest absolute Gasteiger partial charge is 0.394 e. The minimum Gasteiger partial charge on any atom is -0.394 e. The fourth-order valence-electron chi connectivity index (χ4n) is 5.19. The van der Waals surface area contributed by atoms with Crippen molar-refractivity contribution in [1.82, 2.24) is 19.1 Å². The lowest BCUT2D eigenvalue weighted by atomic mass is 9.78. The Hall–Kier alpha value is -3.65.